The lowest BCUT2D eigenvalue weighted by Crippen LogP contribution is -2.71. The average molecular weight is 1750 g/mol. The molecule has 3 aromatic rings. The molecule has 20 N–H and O–H groups in total. The van der Waals surface area contributed by atoms with Crippen LogP contribution in [-0.4, -0.2) is 266 Å². The number of aliphatic hydroxyl groups excluding tert-OH is 10. The molecule has 0 spiro atoms. The highest BCUT2D eigenvalue weighted by Crippen LogP contribution is 2.54. The molecule has 121 heavy (non-hydrogen) atoms. The Balaban J connectivity index is 0.967. The van der Waals surface area contributed by atoms with Crippen molar-refractivity contribution in [2.75, 3.05) is 51.4 Å². The summed E-state index contributed by atoms with van der Waals surface area (Å²) >= 11 is 0. The Hall–Kier alpha value is -6.67. The van der Waals surface area contributed by atoms with Crippen LogP contribution in [0.3, 0.4) is 0 Å². The summed E-state index contributed by atoms with van der Waals surface area (Å²) in [5.74, 6) is -10.6. The van der Waals surface area contributed by atoms with Crippen molar-refractivity contribution in [3.63, 3.8) is 0 Å². The van der Waals surface area contributed by atoms with Crippen LogP contribution in [0.1, 0.15) is 253 Å². The van der Waals surface area contributed by atoms with Gasteiger partial charge in [0.25, 0.3) is 31.9 Å². The van der Waals surface area contributed by atoms with Gasteiger partial charge in [-0.05, 0) is 49.4 Å². The maximum atomic E-state index is 14.4. The summed E-state index contributed by atoms with van der Waals surface area (Å²) in [7, 11) is -9.03. The molecule has 0 bridgehead atoms. The molecule has 4 amide bonds. The number of unbranched alkanes of at least 4 members (excludes halogenated alkanes) is 25. The molecule has 37 heteroatoms. The van der Waals surface area contributed by atoms with Gasteiger partial charge in [0.15, 0.2) is 33.9 Å². The number of allylic oxidation sites excluding steroid dienone is 1. The van der Waals surface area contributed by atoms with Crippen LogP contribution in [0.2, 0.25) is 0 Å². The van der Waals surface area contributed by atoms with Crippen LogP contribution in [-0.2, 0) is 67.8 Å². The number of carboxylic acid groups (broad SMARTS) is 1. The van der Waals surface area contributed by atoms with E-state index in [4.69, 9.17) is 44.6 Å². The lowest BCUT2D eigenvalue weighted by atomic mass is 9.80. The maximum absolute atomic E-state index is 14.4. The molecule has 4 aliphatic heterocycles. The molecular weight excluding hydrogens is 1620 g/mol. The van der Waals surface area contributed by atoms with E-state index >= 15 is 0 Å². The van der Waals surface area contributed by atoms with Crippen molar-refractivity contribution in [2.45, 2.75) is 345 Å². The second-order valence-electron chi connectivity index (χ2n) is 32.3. The van der Waals surface area contributed by atoms with Crippen molar-refractivity contribution < 1.29 is 139 Å². The average Bonchev–Trinajstić information content (AvgIpc) is 0.723. The number of carboxylic acids is 1. The van der Waals surface area contributed by atoms with Crippen molar-refractivity contribution >= 4 is 61.2 Å². The monoisotopic (exact) mass is 1750 g/mol. The number of rotatable bonds is 54. The van der Waals surface area contributed by atoms with Gasteiger partial charge < -0.3 is 122 Å². The van der Waals surface area contributed by atoms with Gasteiger partial charge in [0.2, 0.25) is 17.7 Å². The van der Waals surface area contributed by atoms with Gasteiger partial charge in [-0.25, -0.2) is 4.79 Å². The van der Waals surface area contributed by atoms with Crippen LogP contribution in [0.15, 0.2) is 70.5 Å². The Labute approximate surface area is 709 Å². The van der Waals surface area contributed by atoms with E-state index in [1.54, 1.807) is 6.08 Å². The van der Waals surface area contributed by atoms with E-state index in [1.807, 2.05) is 6.08 Å². The van der Waals surface area contributed by atoms with E-state index in [-0.39, 0.29) is 54.0 Å². The Morgan fingerprint density at radius 1 is 0.620 bits per heavy atom. The van der Waals surface area contributed by atoms with Gasteiger partial charge in [-0.3, -0.25) is 28.3 Å². The minimum atomic E-state index is -5.20. The highest BCUT2D eigenvalue weighted by molar-refractivity contribution is 7.86. The SMILES string of the molecule is CCCCCCCCCCCCC/C=C/[C@@H](O)[C@H](CO[C@@H]1O[C@H](CO)[C@@H](O[C@@H]2O[C@H](CO)[C@H](O)[C@H](O[C@]3(C(=O)O)C[C@H](O)[C@@H](NC(C)=O)[C@H]([C@H](O)[C@H](O)CNC(=O)CCCN(C)C(=O)c4ccccc4C4c5ccc(N)c(S(=O)(=O)O)c5Oc5c4ccc(N)c5S(=O)(=O)O)O3)[C@H]2O)[C@H](O)[C@H]1O)NC(=O)CCCCCCCCCCCCCCCCC. The number of hydrogen-bond acceptors (Lipinski definition) is 28. The van der Waals surface area contributed by atoms with Crippen LogP contribution >= 0.6 is 0 Å². The van der Waals surface area contributed by atoms with Crippen LogP contribution < -0.4 is 32.2 Å². The first-order valence-corrected chi connectivity index (χ1v) is 45.7. The predicted octanol–water partition coefficient (Wildman–Crippen LogP) is 5.79. The first-order chi connectivity index (χ1) is 57.6. The first kappa shape index (κ1) is 101. The van der Waals surface area contributed by atoms with Gasteiger partial charge in [0.1, 0.15) is 61.0 Å². The summed E-state index contributed by atoms with van der Waals surface area (Å²) in [6.45, 7) is 1.89. The molecule has 0 unspecified atom stereocenters. The standard InChI is InChI=1S/C84H132N6O29S2/c1-5-7-9-11-13-15-17-19-20-22-24-26-28-30-32-39-65(98)89-58(59(94)38-31-29-27-25-23-21-18-16-14-12-10-8-6-2)50-113-81-71(102)70(101)75(63(49-92)115-81)117-82-72(103)77(69(100)62(48-91)114-82)119-84(83(105)106)46-60(95)67(88-51(3)93)76(118-84)68(99)61(96)47-87-64(97)40-35-45-90(4)80(104)53-37-34-33-36-52(53)66-54-41-43-56(85)78(120(107,108)109)73(54)116-74-55(66)42-44-57(86)79(74)121(110,111)112/h31,33-34,36-38,41-44,58-63,66-72,75-77,81-82,91-92,94-96,99-103H,5-30,32,35,39-40,45-50,85-86H2,1-4H3,(H,87,97)(H,88,93)(H,89,98)(H,105,106)(H,107,108,109)(H,110,111,112)/b38-31+/t58-,59+,60-,61+,62+,63+,67+,68+,69-,70+,71+,72+,75+,76+,77-,81+,82-,84-/m0/s1. The Morgan fingerprint density at radius 2 is 1.12 bits per heavy atom. The molecule has 18 atom stereocenters. The fourth-order valence-electron chi connectivity index (χ4n) is 16.0. The lowest BCUT2D eigenvalue weighted by molar-refractivity contribution is -0.386. The number of nitrogens with two attached hydrogens (primary N) is 2. The molecule has 3 saturated heterocycles. The number of aliphatic carboxylic acids is 1. The quantitative estimate of drug-likeness (QED) is 0.0108. The first-order valence-electron chi connectivity index (χ1n) is 42.8. The summed E-state index contributed by atoms with van der Waals surface area (Å²) in [6.07, 6.45) is 2.30. The molecule has 0 aromatic heterocycles. The predicted molar refractivity (Wildman–Crippen MR) is 442 cm³/mol. The number of ether oxygens (including phenoxy) is 7. The van der Waals surface area contributed by atoms with Gasteiger partial charge in [-0.2, -0.15) is 16.8 Å². The zero-order valence-corrected chi connectivity index (χ0v) is 71.5. The summed E-state index contributed by atoms with van der Waals surface area (Å²) < 4.78 is 113. The molecule has 0 aliphatic carbocycles. The Bertz CT molecular complexity index is 3930. The molecule has 35 nitrogen and oxygen atoms in total. The van der Waals surface area contributed by atoms with Crippen LogP contribution in [0.25, 0.3) is 0 Å². The van der Waals surface area contributed by atoms with Gasteiger partial charge in [-0.1, -0.05) is 210 Å². The number of hydrogen-bond donors (Lipinski definition) is 18. The third-order valence-corrected chi connectivity index (χ3v) is 24.6. The largest absolute Gasteiger partial charge is 0.477 e. The number of nitrogens with zero attached hydrogens (tertiary/aromatic N) is 1. The third-order valence-electron chi connectivity index (χ3n) is 22.7. The van der Waals surface area contributed by atoms with Crippen molar-refractivity contribution in [3.8, 4) is 11.5 Å². The molecule has 3 fully saturated rings. The van der Waals surface area contributed by atoms with Crippen LogP contribution in [0.4, 0.5) is 11.4 Å². The van der Waals surface area contributed by atoms with Gasteiger partial charge >= 0.3 is 5.97 Å². The number of carbonyl (C=O) groups excluding carboxylic acids is 4. The maximum Gasteiger partial charge on any atom is 0.364 e. The molecule has 3 aromatic carbocycles. The number of aliphatic hydroxyl groups is 10. The summed E-state index contributed by atoms with van der Waals surface area (Å²) in [6, 6.07) is 7.99. The van der Waals surface area contributed by atoms with Crippen molar-refractivity contribution in [1.29, 1.82) is 0 Å². The number of nitrogens with one attached hydrogen (secondary N) is 3. The molecular formula is C84H132N6O29S2. The zero-order valence-electron chi connectivity index (χ0n) is 69.9. The number of anilines is 2. The normalized spacial score (nSPS) is 24.9. The number of fused-ring (bicyclic) bond motifs is 2. The fraction of sp³-hybridized carbons (Fsp3) is 0.702. The highest BCUT2D eigenvalue weighted by Gasteiger charge is 2.60. The minimum Gasteiger partial charge on any atom is -0.477 e. The summed E-state index contributed by atoms with van der Waals surface area (Å²) in [4.78, 5) is 67.0. The van der Waals surface area contributed by atoms with E-state index in [9.17, 15) is 106 Å². The van der Waals surface area contributed by atoms with E-state index < -0.39 is 225 Å². The summed E-state index contributed by atoms with van der Waals surface area (Å²) in [5, 5.41) is 133. The molecule has 0 saturated carbocycles. The molecule has 4 heterocycles. The Kier molecular flexibility index (Phi) is 41.8. The Morgan fingerprint density at radius 3 is 1.64 bits per heavy atom. The van der Waals surface area contributed by atoms with Gasteiger partial charge in [0.05, 0.1) is 61.6 Å². The number of amides is 4. The van der Waals surface area contributed by atoms with Gasteiger partial charge in [0, 0.05) is 68.9 Å². The van der Waals surface area contributed by atoms with Crippen molar-refractivity contribution in [1.82, 2.24) is 20.9 Å². The topological polar surface area (TPSA) is 573 Å². The van der Waals surface area contributed by atoms with E-state index in [2.05, 4.69) is 29.8 Å². The smallest absolute Gasteiger partial charge is 0.364 e. The second-order valence-corrected chi connectivity index (χ2v) is 35.0. The molecule has 0 radical (unpaired) electrons. The lowest BCUT2D eigenvalue weighted by Gasteiger charge is -2.50. The van der Waals surface area contributed by atoms with Gasteiger partial charge in [-0.15, -0.1) is 0 Å². The molecule has 684 valence electrons. The second kappa shape index (κ2) is 49.9. The minimum absolute atomic E-state index is 0.0143. The van der Waals surface area contributed by atoms with Crippen molar-refractivity contribution in [2.24, 2.45) is 0 Å². The van der Waals surface area contributed by atoms with E-state index in [0.29, 0.717) is 12.8 Å². The number of benzene rings is 3. The van der Waals surface area contributed by atoms with E-state index in [1.165, 1.54) is 157 Å². The summed E-state index contributed by atoms with van der Waals surface area (Å²) in [5.41, 5.74) is 11.1. The molecule has 4 aliphatic rings. The molecule has 7 rings (SSSR count). The fourth-order valence-corrected chi connectivity index (χ4v) is 17.5. The van der Waals surface area contributed by atoms with Crippen LogP contribution in [0.5, 0.6) is 11.5 Å². The third kappa shape index (κ3) is 29.2. The van der Waals surface area contributed by atoms with Crippen molar-refractivity contribution in [3.05, 3.63) is 82.9 Å². The highest BCUT2D eigenvalue weighted by atomic mass is 32.2. The number of nitrogen functional groups attached to an aromatic ring is 2. The van der Waals surface area contributed by atoms with E-state index in [0.717, 1.165) is 70.4 Å². The zero-order chi connectivity index (χ0) is 88.7. The number of carbonyl (C=O) groups is 5. The van der Waals surface area contributed by atoms with Crippen LogP contribution in [0, 0.1) is 0 Å².